The molecular weight excluding hydrogens is 504 g/mol. The van der Waals surface area contributed by atoms with Gasteiger partial charge in [-0.05, 0) is 42.0 Å². The summed E-state index contributed by atoms with van der Waals surface area (Å²) in [6.07, 6.45) is -5.90. The van der Waals surface area contributed by atoms with Gasteiger partial charge in [-0.2, -0.15) is 13.2 Å². The zero-order valence-electron chi connectivity index (χ0n) is 19.0. The molecule has 0 unspecified atom stereocenters. The predicted molar refractivity (Wildman–Crippen MR) is 121 cm³/mol. The van der Waals surface area contributed by atoms with Crippen molar-refractivity contribution in [2.45, 2.75) is 37.6 Å². The van der Waals surface area contributed by atoms with Crippen molar-refractivity contribution in [2.75, 3.05) is 5.32 Å². The number of carbonyl (C=O) groups excluding carboxylic acids is 3. The lowest BCUT2D eigenvalue weighted by Crippen LogP contribution is -2.37. The molecule has 0 spiro atoms. The summed E-state index contributed by atoms with van der Waals surface area (Å²) in [6.45, 7) is 0. The van der Waals surface area contributed by atoms with Crippen LogP contribution in [0.15, 0.2) is 48.5 Å². The number of anilines is 1. The molecular formula is C23H22F4N4O6. The molecule has 0 aromatic heterocycles. The highest BCUT2D eigenvalue weighted by Gasteiger charge is 2.38. The van der Waals surface area contributed by atoms with Crippen molar-refractivity contribution < 1.29 is 46.6 Å². The van der Waals surface area contributed by atoms with Crippen LogP contribution in [0.1, 0.15) is 36.5 Å². The zero-order valence-corrected chi connectivity index (χ0v) is 19.0. The highest BCUT2D eigenvalue weighted by atomic mass is 19.4. The SMILES string of the molecule is N=C(N)c1ccc(NC(=O)CCC(=O)N[C@H]2CC(=O)O[C@H]2c2ccc(F)cc2)cc1.O=C(O)C(F)(F)F. The largest absolute Gasteiger partial charge is 0.490 e. The molecule has 1 saturated heterocycles. The molecule has 1 heterocycles. The van der Waals surface area contributed by atoms with E-state index >= 15 is 0 Å². The number of benzene rings is 2. The fraction of sp³-hybridized carbons (Fsp3) is 0.261. The third kappa shape index (κ3) is 9.23. The van der Waals surface area contributed by atoms with E-state index in [0.717, 1.165) is 0 Å². The first-order valence-corrected chi connectivity index (χ1v) is 10.5. The van der Waals surface area contributed by atoms with E-state index in [2.05, 4.69) is 10.6 Å². The Kier molecular flexibility index (Phi) is 9.68. The molecule has 2 amide bonds. The van der Waals surface area contributed by atoms with Crippen molar-refractivity contribution in [1.29, 1.82) is 5.41 Å². The summed E-state index contributed by atoms with van der Waals surface area (Å²) in [7, 11) is 0. The van der Waals surface area contributed by atoms with E-state index in [1.165, 1.54) is 24.3 Å². The number of nitrogens with two attached hydrogens (primary N) is 1. The van der Waals surface area contributed by atoms with Crippen LogP contribution in [0.5, 0.6) is 0 Å². The number of hydrogen-bond donors (Lipinski definition) is 5. The predicted octanol–water partition coefficient (Wildman–Crippen LogP) is 2.63. The number of cyclic esters (lactones) is 1. The number of esters is 1. The Morgan fingerprint density at radius 2 is 1.57 bits per heavy atom. The van der Waals surface area contributed by atoms with E-state index in [1.807, 2.05) is 0 Å². The average molecular weight is 526 g/mol. The minimum atomic E-state index is -5.08. The molecule has 1 aliphatic rings. The molecule has 0 saturated carbocycles. The van der Waals surface area contributed by atoms with E-state index in [-0.39, 0.29) is 31.0 Å². The van der Waals surface area contributed by atoms with Crippen LogP contribution in [0, 0.1) is 11.2 Å². The van der Waals surface area contributed by atoms with Crippen LogP contribution in [0.25, 0.3) is 0 Å². The number of amidine groups is 1. The first-order valence-electron chi connectivity index (χ1n) is 10.5. The Morgan fingerprint density at radius 3 is 2.08 bits per heavy atom. The van der Waals surface area contributed by atoms with Gasteiger partial charge < -0.3 is 26.2 Å². The van der Waals surface area contributed by atoms with Crippen LogP contribution < -0.4 is 16.4 Å². The Hall–Kier alpha value is -4.49. The number of hydrogen-bond acceptors (Lipinski definition) is 6. The summed E-state index contributed by atoms with van der Waals surface area (Å²) >= 11 is 0. The van der Waals surface area contributed by atoms with Crippen molar-refractivity contribution in [3.63, 3.8) is 0 Å². The number of carboxylic acid groups (broad SMARTS) is 1. The molecule has 3 rings (SSSR count). The molecule has 0 aliphatic carbocycles. The van der Waals surface area contributed by atoms with Gasteiger partial charge in [-0.3, -0.25) is 19.8 Å². The average Bonchev–Trinajstić information content (AvgIpc) is 3.18. The molecule has 0 radical (unpaired) electrons. The molecule has 6 N–H and O–H groups in total. The summed E-state index contributed by atoms with van der Waals surface area (Å²) in [6, 6.07) is 11.4. The van der Waals surface area contributed by atoms with Gasteiger partial charge >= 0.3 is 18.1 Å². The monoisotopic (exact) mass is 526 g/mol. The Bertz CT molecular complexity index is 1150. The van der Waals surface area contributed by atoms with Gasteiger partial charge in [0.1, 0.15) is 17.8 Å². The number of rotatable bonds is 7. The standard InChI is InChI=1S/C21H21FN4O4.C2HF3O2/c22-14-5-1-12(2-6-14)20-16(11-19(29)30-20)26-18(28)10-9-17(27)25-15-7-3-13(4-8-15)21(23)24;3-2(4,5)1(6)7/h1-8,16,20H,9-11H2,(H3,23,24)(H,25,27)(H,26,28);(H,6,7)/t16-,20-;/m0./s1. The number of halogens is 4. The van der Waals surface area contributed by atoms with Gasteiger partial charge in [-0.15, -0.1) is 0 Å². The van der Waals surface area contributed by atoms with Gasteiger partial charge in [0.15, 0.2) is 0 Å². The zero-order chi connectivity index (χ0) is 27.8. The maximum atomic E-state index is 13.1. The van der Waals surface area contributed by atoms with E-state index in [0.29, 0.717) is 16.8 Å². The molecule has 0 bridgehead atoms. The maximum Gasteiger partial charge on any atom is 0.490 e. The van der Waals surface area contributed by atoms with Crippen LogP contribution >= 0.6 is 0 Å². The smallest absolute Gasteiger partial charge is 0.475 e. The molecule has 14 heteroatoms. The topological polar surface area (TPSA) is 172 Å². The van der Waals surface area contributed by atoms with E-state index in [4.69, 9.17) is 25.8 Å². The second-order valence-electron chi connectivity index (χ2n) is 7.68. The minimum absolute atomic E-state index is 0.00246. The summed E-state index contributed by atoms with van der Waals surface area (Å²) in [4.78, 5) is 44.9. The fourth-order valence-electron chi connectivity index (χ4n) is 3.10. The summed E-state index contributed by atoms with van der Waals surface area (Å²) < 4.78 is 50.1. The van der Waals surface area contributed by atoms with Crippen LogP contribution in [-0.2, 0) is 23.9 Å². The minimum Gasteiger partial charge on any atom is -0.475 e. The molecule has 2 aromatic rings. The summed E-state index contributed by atoms with van der Waals surface area (Å²) in [5, 5.41) is 19.8. The number of nitrogen functional groups attached to an aromatic ring is 1. The van der Waals surface area contributed by atoms with Crippen LogP contribution in [-0.4, -0.2) is 46.9 Å². The van der Waals surface area contributed by atoms with Crippen LogP contribution in [0.2, 0.25) is 0 Å². The van der Waals surface area contributed by atoms with Crippen molar-refractivity contribution >= 4 is 35.3 Å². The third-order valence-corrected chi connectivity index (χ3v) is 4.86. The highest BCUT2D eigenvalue weighted by molar-refractivity contribution is 5.96. The van der Waals surface area contributed by atoms with Gasteiger partial charge in [0.2, 0.25) is 11.8 Å². The van der Waals surface area contributed by atoms with Gasteiger partial charge in [0, 0.05) is 24.1 Å². The van der Waals surface area contributed by atoms with E-state index < -0.39 is 42.0 Å². The molecule has 1 aliphatic heterocycles. The van der Waals surface area contributed by atoms with Gasteiger partial charge in [-0.25, -0.2) is 9.18 Å². The molecule has 1 fully saturated rings. The molecule has 2 aromatic carbocycles. The number of ether oxygens (including phenoxy) is 1. The normalized spacial score (nSPS) is 16.6. The fourth-order valence-corrected chi connectivity index (χ4v) is 3.10. The van der Waals surface area contributed by atoms with Crippen molar-refractivity contribution in [1.82, 2.24) is 5.32 Å². The van der Waals surface area contributed by atoms with Crippen molar-refractivity contribution in [3.05, 3.63) is 65.5 Å². The lowest BCUT2D eigenvalue weighted by atomic mass is 10.0. The Morgan fingerprint density at radius 1 is 1.03 bits per heavy atom. The lowest BCUT2D eigenvalue weighted by Gasteiger charge is -2.19. The molecule has 198 valence electrons. The number of alkyl halides is 3. The number of carboxylic acids is 1. The number of aliphatic carboxylic acids is 1. The van der Waals surface area contributed by atoms with Gasteiger partial charge in [0.05, 0.1) is 12.5 Å². The molecule has 10 nitrogen and oxygen atoms in total. The van der Waals surface area contributed by atoms with Crippen molar-refractivity contribution in [3.8, 4) is 0 Å². The summed E-state index contributed by atoms with van der Waals surface area (Å²) in [5.41, 5.74) is 7.03. The Balaban J connectivity index is 0.000000604. The number of amides is 2. The quantitative estimate of drug-likeness (QED) is 0.160. The molecule has 37 heavy (non-hydrogen) atoms. The first kappa shape index (κ1) is 28.7. The van der Waals surface area contributed by atoms with E-state index in [9.17, 15) is 31.9 Å². The second-order valence-corrected chi connectivity index (χ2v) is 7.68. The lowest BCUT2D eigenvalue weighted by molar-refractivity contribution is -0.192. The Labute approximate surface area is 207 Å². The van der Waals surface area contributed by atoms with Gasteiger partial charge in [0.25, 0.3) is 0 Å². The first-order chi connectivity index (χ1) is 17.3. The number of carbonyl (C=O) groups is 4. The van der Waals surface area contributed by atoms with Gasteiger partial charge in [-0.1, -0.05) is 12.1 Å². The summed E-state index contributed by atoms with van der Waals surface area (Å²) in [5.74, 6) is -4.45. The van der Waals surface area contributed by atoms with E-state index in [1.54, 1.807) is 24.3 Å². The maximum absolute atomic E-state index is 13.1. The number of nitrogens with one attached hydrogen (secondary N) is 3. The third-order valence-electron chi connectivity index (χ3n) is 4.86. The second kappa shape index (κ2) is 12.5. The van der Waals surface area contributed by atoms with Crippen molar-refractivity contribution in [2.24, 2.45) is 5.73 Å². The molecule has 2 atom stereocenters. The van der Waals surface area contributed by atoms with Crippen LogP contribution in [0.3, 0.4) is 0 Å². The van der Waals surface area contributed by atoms with Crippen LogP contribution in [0.4, 0.5) is 23.2 Å². The highest BCUT2D eigenvalue weighted by Crippen LogP contribution is 2.30.